The first kappa shape index (κ1) is 21.0. The van der Waals surface area contributed by atoms with E-state index >= 15 is 0 Å². The molecule has 0 aliphatic carbocycles. The third kappa shape index (κ3) is 4.59. The Labute approximate surface area is 179 Å². The fourth-order valence-electron chi connectivity index (χ4n) is 4.50. The lowest BCUT2D eigenvalue weighted by Gasteiger charge is -2.28. The summed E-state index contributed by atoms with van der Waals surface area (Å²) in [5, 5.41) is 5.99. The zero-order valence-corrected chi connectivity index (χ0v) is 19.0. The number of ether oxygens (including phenoxy) is 1. The second-order valence-electron chi connectivity index (χ2n) is 10.1. The molecule has 2 aromatic rings. The van der Waals surface area contributed by atoms with Crippen LogP contribution in [0.15, 0.2) is 24.4 Å². The number of hydrogen-bond donors (Lipinski definition) is 0. The number of amides is 1. The lowest BCUT2D eigenvalue weighted by atomic mass is 9.94. The number of nitrogens with zero attached hydrogens (tertiary/aromatic N) is 4. The summed E-state index contributed by atoms with van der Waals surface area (Å²) in [5.74, 6) is 0.470. The first-order chi connectivity index (χ1) is 14.2. The van der Waals surface area contributed by atoms with Crippen molar-refractivity contribution in [2.75, 3.05) is 26.7 Å². The molecule has 0 radical (unpaired) electrons. The van der Waals surface area contributed by atoms with Gasteiger partial charge < -0.3 is 9.64 Å². The van der Waals surface area contributed by atoms with Gasteiger partial charge in [0.1, 0.15) is 5.60 Å². The molecule has 3 heterocycles. The Hall–Kier alpha value is -2.21. The average Bonchev–Trinajstić information content (AvgIpc) is 3.10. The van der Waals surface area contributed by atoms with E-state index in [1.54, 1.807) is 0 Å². The van der Waals surface area contributed by atoms with Crippen molar-refractivity contribution in [1.29, 1.82) is 0 Å². The number of likely N-dealkylation sites (tertiary alicyclic amines) is 1. The number of carbonyl (C=O) groups is 1. The second-order valence-corrected chi connectivity index (χ2v) is 10.1. The normalized spacial score (nSPS) is 22.0. The molecule has 1 atom stereocenters. The van der Waals surface area contributed by atoms with E-state index in [9.17, 15) is 4.79 Å². The van der Waals surface area contributed by atoms with Gasteiger partial charge >= 0.3 is 6.09 Å². The zero-order valence-electron chi connectivity index (χ0n) is 19.0. The minimum absolute atomic E-state index is 0.244. The minimum atomic E-state index is -0.498. The van der Waals surface area contributed by atoms with E-state index in [4.69, 9.17) is 9.84 Å². The van der Waals surface area contributed by atoms with Gasteiger partial charge in [-0.1, -0.05) is 6.92 Å². The Bertz CT molecular complexity index is 961. The standard InChI is InChI=1S/C24H35N4O2/c1-17-6-9-22(27(15-17)23(29)30-24(2,3)4)18-7-8-21-19(14-18)16-28(25-21)20-10-12-26(5)13-11-20/h7-8,14,16-17,20H,6,9-13,15H2,1-5H3/q+1/t17-/m0/s1. The first-order valence-electron chi connectivity index (χ1n) is 11.2. The Balaban J connectivity index is 1.66. The van der Waals surface area contributed by atoms with Crippen molar-refractivity contribution < 1.29 is 14.1 Å². The third-order valence-corrected chi connectivity index (χ3v) is 6.23. The van der Waals surface area contributed by atoms with E-state index in [0.717, 1.165) is 61.0 Å². The van der Waals surface area contributed by atoms with Crippen LogP contribution in [0.3, 0.4) is 0 Å². The van der Waals surface area contributed by atoms with Gasteiger partial charge in [-0.15, -0.1) is 4.58 Å². The smallest absolute Gasteiger partial charge is 0.406 e. The molecule has 1 amide bonds. The molecular weight excluding hydrogens is 376 g/mol. The van der Waals surface area contributed by atoms with Gasteiger partial charge in [-0.05, 0) is 78.4 Å². The first-order valence-corrected chi connectivity index (χ1v) is 11.2. The predicted octanol–water partition coefficient (Wildman–Crippen LogP) is 4.47. The van der Waals surface area contributed by atoms with Crippen LogP contribution in [0.2, 0.25) is 0 Å². The summed E-state index contributed by atoms with van der Waals surface area (Å²) in [6, 6.07) is 6.86. The molecule has 6 nitrogen and oxygen atoms in total. The summed E-state index contributed by atoms with van der Waals surface area (Å²) >= 11 is 0. The largest absolute Gasteiger partial charge is 0.597 e. The van der Waals surface area contributed by atoms with Crippen LogP contribution in [0, 0.1) is 5.92 Å². The van der Waals surface area contributed by atoms with Crippen LogP contribution in [-0.4, -0.2) is 63.3 Å². The molecule has 2 aliphatic rings. The maximum atomic E-state index is 12.9. The monoisotopic (exact) mass is 411 g/mol. The van der Waals surface area contributed by atoms with Gasteiger partial charge in [0.15, 0.2) is 12.3 Å². The third-order valence-electron chi connectivity index (χ3n) is 6.23. The van der Waals surface area contributed by atoms with Crippen LogP contribution >= 0.6 is 0 Å². The van der Waals surface area contributed by atoms with E-state index in [2.05, 4.69) is 47.9 Å². The zero-order chi connectivity index (χ0) is 21.5. The van der Waals surface area contributed by atoms with Crippen LogP contribution in [0.1, 0.15) is 65.0 Å². The summed E-state index contributed by atoms with van der Waals surface area (Å²) in [6.45, 7) is 10.9. The highest BCUT2D eigenvalue weighted by Gasteiger charge is 2.35. The molecular formula is C24H35N4O2+. The SMILES string of the molecule is C[C@H]1CCC(c2ccc3nn(C4CCN(C)CC4)cc3c2)=[N+](C(=O)OC(C)(C)C)C1. The number of benzene rings is 1. The van der Waals surface area contributed by atoms with E-state index in [0.29, 0.717) is 18.5 Å². The molecule has 1 fully saturated rings. The molecule has 30 heavy (non-hydrogen) atoms. The maximum absolute atomic E-state index is 12.9. The topological polar surface area (TPSA) is 50.4 Å². The van der Waals surface area contributed by atoms with E-state index in [1.165, 1.54) is 0 Å². The molecule has 162 valence electrons. The van der Waals surface area contributed by atoms with Gasteiger partial charge in [-0.3, -0.25) is 4.68 Å². The van der Waals surface area contributed by atoms with Crippen molar-refractivity contribution in [3.05, 3.63) is 30.0 Å². The van der Waals surface area contributed by atoms with Gasteiger partial charge in [0.25, 0.3) is 0 Å². The maximum Gasteiger partial charge on any atom is 0.597 e. The number of fused-ring (bicyclic) bond motifs is 1. The Morgan fingerprint density at radius 1 is 1.20 bits per heavy atom. The van der Waals surface area contributed by atoms with E-state index in [-0.39, 0.29) is 6.09 Å². The Morgan fingerprint density at radius 2 is 1.93 bits per heavy atom. The van der Waals surface area contributed by atoms with Crippen molar-refractivity contribution in [1.82, 2.24) is 14.7 Å². The van der Waals surface area contributed by atoms with Gasteiger partial charge in [-0.2, -0.15) is 9.89 Å². The highest BCUT2D eigenvalue weighted by atomic mass is 16.6. The summed E-state index contributed by atoms with van der Waals surface area (Å²) < 4.78 is 9.71. The van der Waals surface area contributed by atoms with Crippen molar-refractivity contribution in [3.63, 3.8) is 0 Å². The lowest BCUT2D eigenvalue weighted by Crippen LogP contribution is -2.39. The number of aromatic nitrogens is 2. The number of rotatable bonds is 2. The van der Waals surface area contributed by atoms with E-state index < -0.39 is 5.60 Å². The van der Waals surface area contributed by atoms with Crippen LogP contribution in [0.4, 0.5) is 4.79 Å². The number of carbonyl (C=O) groups excluding carboxylic acids is 1. The second kappa shape index (κ2) is 8.14. The molecule has 4 rings (SSSR count). The molecule has 1 aromatic carbocycles. The van der Waals surface area contributed by atoms with Gasteiger partial charge in [-0.25, -0.2) is 0 Å². The molecule has 1 aromatic heterocycles. The van der Waals surface area contributed by atoms with Crippen LogP contribution < -0.4 is 0 Å². The van der Waals surface area contributed by atoms with Crippen molar-refractivity contribution in [2.45, 2.75) is 65.0 Å². The van der Waals surface area contributed by atoms with Gasteiger partial charge in [0.05, 0.1) is 11.6 Å². The van der Waals surface area contributed by atoms with Crippen molar-refractivity contribution >= 4 is 22.7 Å². The van der Waals surface area contributed by atoms with Crippen LogP contribution in [0.25, 0.3) is 10.9 Å². The summed E-state index contributed by atoms with van der Waals surface area (Å²) in [7, 11) is 2.18. The highest BCUT2D eigenvalue weighted by molar-refractivity contribution is 6.01. The summed E-state index contributed by atoms with van der Waals surface area (Å²) in [6.07, 6.45) is 6.18. The number of hydrogen-bond acceptors (Lipinski definition) is 4. The van der Waals surface area contributed by atoms with Gasteiger partial charge in [0.2, 0.25) is 0 Å². The fraction of sp³-hybridized carbons (Fsp3) is 0.625. The molecule has 0 saturated carbocycles. The molecule has 0 bridgehead atoms. The van der Waals surface area contributed by atoms with Gasteiger partial charge in [0, 0.05) is 29.5 Å². The minimum Gasteiger partial charge on any atom is -0.406 e. The Kier molecular flexibility index (Phi) is 5.71. The summed E-state index contributed by atoms with van der Waals surface area (Å²) in [5.41, 5.74) is 2.69. The van der Waals surface area contributed by atoms with Crippen LogP contribution in [-0.2, 0) is 4.74 Å². The molecule has 1 saturated heterocycles. The van der Waals surface area contributed by atoms with Crippen LogP contribution in [0.5, 0.6) is 0 Å². The highest BCUT2D eigenvalue weighted by Crippen LogP contribution is 2.26. The fourth-order valence-corrected chi connectivity index (χ4v) is 4.50. The predicted molar refractivity (Wildman–Crippen MR) is 119 cm³/mol. The van der Waals surface area contributed by atoms with Crippen molar-refractivity contribution in [3.8, 4) is 0 Å². The Morgan fingerprint density at radius 3 is 2.63 bits per heavy atom. The average molecular weight is 412 g/mol. The van der Waals surface area contributed by atoms with Crippen molar-refractivity contribution in [2.24, 2.45) is 5.92 Å². The quantitative estimate of drug-likeness (QED) is 0.684. The molecule has 0 N–H and O–H groups in total. The lowest BCUT2D eigenvalue weighted by molar-refractivity contribution is -0.463. The number of piperidine rings is 1. The molecule has 0 spiro atoms. The molecule has 2 aliphatic heterocycles. The molecule has 0 unspecified atom stereocenters. The van der Waals surface area contributed by atoms with E-state index in [1.807, 2.05) is 25.3 Å². The molecule has 6 heteroatoms. The summed E-state index contributed by atoms with van der Waals surface area (Å²) in [4.78, 5) is 15.3.